The Balaban J connectivity index is 0.815. The first kappa shape index (κ1) is 44.2. The van der Waals surface area contributed by atoms with Gasteiger partial charge in [-0.1, -0.05) is 11.6 Å². The Morgan fingerprint density at radius 1 is 0.924 bits per heavy atom. The first-order valence-electron chi connectivity index (χ1n) is 21.8. The van der Waals surface area contributed by atoms with Crippen LogP contribution in [0.5, 0.6) is 5.75 Å². The van der Waals surface area contributed by atoms with Crippen molar-refractivity contribution in [3.63, 3.8) is 0 Å². The minimum absolute atomic E-state index is 0.00284. The zero-order valence-electron chi connectivity index (χ0n) is 35.7. The summed E-state index contributed by atoms with van der Waals surface area (Å²) in [6.07, 6.45) is 3.27. The molecule has 0 radical (unpaired) electrons. The van der Waals surface area contributed by atoms with Crippen molar-refractivity contribution in [3.8, 4) is 5.75 Å². The van der Waals surface area contributed by atoms with Gasteiger partial charge in [0.2, 0.25) is 23.5 Å². The minimum atomic E-state index is -3.29. The van der Waals surface area contributed by atoms with Gasteiger partial charge in [0.15, 0.2) is 18.2 Å². The number of ether oxygens (including phenoxy) is 1. The Bertz CT molecular complexity index is 2880. The number of anilines is 4. The van der Waals surface area contributed by atoms with E-state index in [4.69, 9.17) is 16.3 Å². The number of aryl methyl sites for hydroxylation is 2. The van der Waals surface area contributed by atoms with Crippen LogP contribution in [0.3, 0.4) is 0 Å². The zero-order valence-corrected chi connectivity index (χ0v) is 36.4. The quantitative estimate of drug-likeness (QED) is 0.108. The van der Waals surface area contributed by atoms with Gasteiger partial charge in [-0.25, -0.2) is 35.7 Å². The number of piperidine rings is 3. The molecule has 10 rings (SSSR count). The van der Waals surface area contributed by atoms with Gasteiger partial charge in [0.05, 0.1) is 47.3 Å². The lowest BCUT2D eigenvalue weighted by Gasteiger charge is -2.41. The average molecular weight is 945 g/mol. The van der Waals surface area contributed by atoms with Crippen molar-refractivity contribution in [2.24, 2.45) is 25.9 Å². The fourth-order valence-corrected chi connectivity index (χ4v) is 10.3. The number of hydrogen-bond acceptors (Lipinski definition) is 11. The van der Waals surface area contributed by atoms with Crippen LogP contribution in [0.4, 0.5) is 53.9 Å². The Morgan fingerprint density at radius 2 is 1.68 bits per heavy atom. The van der Waals surface area contributed by atoms with Crippen LogP contribution < -0.4 is 31.1 Å². The summed E-state index contributed by atoms with van der Waals surface area (Å²) in [5, 5.41) is 12.6. The average Bonchev–Trinajstić information content (AvgIpc) is 4.07. The largest absolute Gasteiger partial charge is 0.480 e. The number of amides is 2. The molecule has 0 spiro atoms. The lowest BCUT2D eigenvalue weighted by Crippen LogP contribution is -2.53. The molecule has 4 aliphatic heterocycles. The summed E-state index contributed by atoms with van der Waals surface area (Å²) in [7, 11) is 2.88. The van der Waals surface area contributed by atoms with Crippen LogP contribution in [0.1, 0.15) is 68.0 Å². The maximum Gasteiger partial charge on any atom is 0.301 e. The Hall–Kier alpha value is -5.70. The number of carbonyl (C=O) groups excluding carboxylic acids is 2. The molecule has 3 unspecified atom stereocenters. The number of imide groups is 1. The molecule has 350 valence electrons. The van der Waals surface area contributed by atoms with Crippen molar-refractivity contribution >= 4 is 68.4 Å². The second-order valence-electron chi connectivity index (χ2n) is 18.2. The van der Waals surface area contributed by atoms with Gasteiger partial charge in [-0.05, 0) is 75.6 Å². The summed E-state index contributed by atoms with van der Waals surface area (Å²) in [6, 6.07) is 2.26. The summed E-state index contributed by atoms with van der Waals surface area (Å²) in [4.78, 5) is 49.3. The molecule has 66 heavy (non-hydrogen) atoms. The molecule has 2 aromatic carbocycles. The van der Waals surface area contributed by atoms with E-state index in [1.807, 2.05) is 4.90 Å². The number of carbonyl (C=O) groups is 2. The fourth-order valence-electron chi connectivity index (χ4n) is 10.1. The van der Waals surface area contributed by atoms with Gasteiger partial charge in [-0.2, -0.15) is 10.1 Å². The number of rotatable bonds is 8. The fraction of sp³-hybridized carbons (Fsp3) is 0.500. The summed E-state index contributed by atoms with van der Waals surface area (Å²) >= 11 is 6.45. The van der Waals surface area contributed by atoms with E-state index in [1.54, 1.807) is 0 Å². The minimum Gasteiger partial charge on any atom is -0.480 e. The zero-order chi connectivity index (χ0) is 46.6. The van der Waals surface area contributed by atoms with Gasteiger partial charge in [-0.3, -0.25) is 24.4 Å². The van der Waals surface area contributed by atoms with Gasteiger partial charge in [0.1, 0.15) is 22.2 Å². The molecule has 3 aromatic heterocycles. The number of likely N-dealkylation sites (tertiary alicyclic amines) is 1. The van der Waals surface area contributed by atoms with Crippen molar-refractivity contribution in [3.05, 3.63) is 68.5 Å². The van der Waals surface area contributed by atoms with E-state index in [0.717, 1.165) is 10.6 Å². The summed E-state index contributed by atoms with van der Waals surface area (Å²) < 4.78 is 118. The molecule has 5 aliphatic rings. The normalized spacial score (nSPS) is 23.6. The van der Waals surface area contributed by atoms with E-state index in [0.29, 0.717) is 38.8 Å². The van der Waals surface area contributed by atoms with Crippen molar-refractivity contribution in [2.45, 2.75) is 74.7 Å². The van der Waals surface area contributed by atoms with E-state index in [1.165, 1.54) is 42.0 Å². The first-order chi connectivity index (χ1) is 31.4. The molecule has 5 aromatic rings. The Labute approximate surface area is 376 Å². The second-order valence-corrected chi connectivity index (χ2v) is 18.6. The number of halogens is 8. The van der Waals surface area contributed by atoms with Crippen molar-refractivity contribution in [2.75, 3.05) is 54.9 Å². The van der Waals surface area contributed by atoms with Crippen molar-refractivity contribution in [1.29, 1.82) is 0 Å². The third kappa shape index (κ3) is 7.74. The molecule has 1 aliphatic carbocycles. The third-order valence-electron chi connectivity index (χ3n) is 13.8. The molecule has 0 bridgehead atoms. The Kier molecular flexibility index (Phi) is 10.9. The van der Waals surface area contributed by atoms with E-state index in [-0.39, 0.29) is 105 Å². The van der Waals surface area contributed by atoms with Gasteiger partial charge >= 0.3 is 5.92 Å². The molecule has 3 saturated heterocycles. The highest BCUT2D eigenvalue weighted by Gasteiger charge is 2.51. The predicted molar refractivity (Wildman–Crippen MR) is 229 cm³/mol. The SMILES string of the molecule is Cn1nc(C2CCC(=O)NC2=O)c2cc(F)c(C3CCN(CC4CCN(c5ncc(Cl)c(Nc6cc7c8c(c(=O)n(C)c7cc6F)OCC(F)(F)C(C6CC6)N8)n5)CC4(F)F)CC3)c(F)c21. The number of pyridine rings is 1. The monoisotopic (exact) mass is 944 g/mol. The lowest BCUT2D eigenvalue weighted by molar-refractivity contribution is -0.134. The number of nitrogens with one attached hydrogen (secondary N) is 3. The Morgan fingerprint density at radius 3 is 2.39 bits per heavy atom. The molecule has 22 heteroatoms. The van der Waals surface area contributed by atoms with Crippen LogP contribution >= 0.6 is 11.6 Å². The number of nitrogens with zero attached hydrogens (tertiary/aromatic N) is 7. The van der Waals surface area contributed by atoms with Crippen LogP contribution in [0, 0.1) is 29.3 Å². The van der Waals surface area contributed by atoms with Crippen LogP contribution in [0.25, 0.3) is 21.8 Å². The lowest BCUT2D eigenvalue weighted by atomic mass is 9.86. The molecule has 2 amide bonds. The molecule has 4 fully saturated rings. The van der Waals surface area contributed by atoms with E-state index < -0.39 is 83.6 Å². The first-order valence-corrected chi connectivity index (χ1v) is 22.2. The van der Waals surface area contributed by atoms with E-state index >= 15 is 30.7 Å². The van der Waals surface area contributed by atoms with Crippen molar-refractivity contribution < 1.29 is 45.1 Å². The van der Waals surface area contributed by atoms with Crippen LogP contribution in [-0.2, 0) is 23.7 Å². The molecule has 3 atom stereocenters. The highest BCUT2D eigenvalue weighted by Crippen LogP contribution is 2.47. The maximum absolute atomic E-state index is 16.2. The summed E-state index contributed by atoms with van der Waals surface area (Å²) in [5.41, 5.74) is -0.674. The van der Waals surface area contributed by atoms with Crippen molar-refractivity contribution in [1.82, 2.24) is 34.5 Å². The van der Waals surface area contributed by atoms with Crippen LogP contribution in [0.2, 0.25) is 5.02 Å². The predicted octanol–water partition coefficient (Wildman–Crippen LogP) is 7.11. The standard InChI is InChI=1S/C44H44ClF7N10O4/c1-59-30-15-27(46)29(14-24(30)35-37(41(59)65)66-19-44(51,52)38(56-35)21-3-4-21)54-39-26(45)16-53-42(57-39)62-12-9-22(43(49,50)18-62)17-61-10-7-20(8-11-61)32-28(47)13-25-34(58-60(2)36(25)33(32)48)23-5-6-31(63)55-40(23)64/h13-16,20-23,38,56H,3-12,17-19H2,1-2H3,(H,53,54,57)(H,55,63,64). The maximum atomic E-state index is 16.2. The smallest absolute Gasteiger partial charge is 0.301 e. The van der Waals surface area contributed by atoms with E-state index in [9.17, 15) is 14.4 Å². The number of fused-ring (bicyclic) bond motifs is 4. The highest BCUT2D eigenvalue weighted by molar-refractivity contribution is 6.33. The summed E-state index contributed by atoms with van der Waals surface area (Å²) in [6.45, 7) is -0.922. The number of benzene rings is 2. The van der Waals surface area contributed by atoms with Gasteiger partial charge in [0.25, 0.3) is 11.5 Å². The van der Waals surface area contributed by atoms with Gasteiger partial charge in [-0.15, -0.1) is 0 Å². The van der Waals surface area contributed by atoms with Gasteiger partial charge < -0.3 is 29.7 Å². The molecular formula is C44H44ClF7N10O4. The molecule has 1 saturated carbocycles. The number of hydrogen-bond donors (Lipinski definition) is 3. The molecule has 14 nitrogen and oxygen atoms in total. The highest BCUT2D eigenvalue weighted by atomic mass is 35.5. The summed E-state index contributed by atoms with van der Waals surface area (Å²) in [5.74, 6) is -13.2. The molecule has 3 N–H and O–H groups in total. The molecule has 7 heterocycles. The van der Waals surface area contributed by atoms with Gasteiger partial charge in [0, 0.05) is 61.9 Å². The van der Waals surface area contributed by atoms with Crippen LogP contribution in [-0.4, -0.2) is 98.2 Å². The third-order valence-corrected chi connectivity index (χ3v) is 14.1. The molecular weight excluding hydrogens is 901 g/mol. The topological polar surface area (TPSA) is 152 Å². The number of alkyl halides is 4. The second kappa shape index (κ2) is 16.3. The van der Waals surface area contributed by atoms with E-state index in [2.05, 4.69) is 31.0 Å². The van der Waals surface area contributed by atoms with Crippen LogP contribution in [0.15, 0.2) is 29.2 Å². The number of aromatic nitrogens is 5.